The number of nitrogen functional groups attached to an aromatic ring is 1. The van der Waals surface area contributed by atoms with E-state index in [2.05, 4.69) is 4.90 Å². The van der Waals surface area contributed by atoms with Crippen LogP contribution in [0.5, 0.6) is 5.75 Å². The highest BCUT2D eigenvalue weighted by Gasteiger charge is 2.09. The molecule has 0 aliphatic carbocycles. The van der Waals surface area contributed by atoms with Crippen LogP contribution >= 0.6 is 12.4 Å². The Morgan fingerprint density at radius 3 is 2.50 bits per heavy atom. The van der Waals surface area contributed by atoms with Gasteiger partial charge in [0.2, 0.25) is 0 Å². The van der Waals surface area contributed by atoms with Gasteiger partial charge in [0.15, 0.2) is 0 Å². The smallest absolute Gasteiger partial charge is 0.122 e. The first kappa shape index (κ1) is 16.8. The van der Waals surface area contributed by atoms with Gasteiger partial charge in [-0.15, -0.1) is 12.4 Å². The third-order valence-electron chi connectivity index (χ3n) is 3.16. The van der Waals surface area contributed by atoms with Crippen molar-refractivity contribution in [2.24, 2.45) is 5.73 Å². The lowest BCUT2D eigenvalue weighted by atomic mass is 10.2. The first-order valence-electron chi connectivity index (χ1n) is 6.63. The van der Waals surface area contributed by atoms with Gasteiger partial charge in [0.1, 0.15) is 11.6 Å². The van der Waals surface area contributed by atoms with Gasteiger partial charge in [-0.3, -0.25) is 10.3 Å². The maximum absolute atomic E-state index is 7.31. The molecule has 5 nitrogen and oxygen atoms in total. The van der Waals surface area contributed by atoms with Gasteiger partial charge in [-0.1, -0.05) is 0 Å². The summed E-state index contributed by atoms with van der Waals surface area (Å²) in [5.74, 6) is 0.908. The molecule has 6 heteroatoms. The van der Waals surface area contributed by atoms with Crippen LogP contribution in [0.2, 0.25) is 0 Å². The molecule has 0 aromatic heterocycles. The number of amidine groups is 1. The SMILES string of the molecule is Cl.N=C(N)c1ccc(OCCCN2CCOCC2)cc1. The van der Waals surface area contributed by atoms with E-state index >= 15 is 0 Å². The zero-order valence-electron chi connectivity index (χ0n) is 11.5. The number of nitrogens with zero attached hydrogens (tertiary/aromatic N) is 1. The van der Waals surface area contributed by atoms with Gasteiger partial charge in [-0.25, -0.2) is 0 Å². The van der Waals surface area contributed by atoms with Crippen LogP contribution in [0.4, 0.5) is 0 Å². The van der Waals surface area contributed by atoms with Crippen molar-refractivity contribution in [3.63, 3.8) is 0 Å². The van der Waals surface area contributed by atoms with Crippen molar-refractivity contribution in [1.29, 1.82) is 5.41 Å². The molecular weight excluding hydrogens is 278 g/mol. The highest BCUT2D eigenvalue weighted by molar-refractivity contribution is 5.94. The second-order valence-corrected chi connectivity index (χ2v) is 4.59. The molecule has 0 amide bonds. The van der Waals surface area contributed by atoms with Crippen LogP contribution in [0.15, 0.2) is 24.3 Å². The predicted molar refractivity (Wildman–Crippen MR) is 82.1 cm³/mol. The minimum absolute atomic E-state index is 0. The van der Waals surface area contributed by atoms with Crippen molar-refractivity contribution in [3.05, 3.63) is 29.8 Å². The number of ether oxygens (including phenoxy) is 2. The van der Waals surface area contributed by atoms with E-state index in [1.807, 2.05) is 12.1 Å². The third-order valence-corrected chi connectivity index (χ3v) is 3.16. The standard InChI is InChI=1S/C14H21N3O2.ClH/c15-14(16)12-2-4-13(5-3-12)19-9-1-6-17-7-10-18-11-8-17;/h2-5H,1,6-11H2,(H3,15,16);1H. The number of hydrogen-bond acceptors (Lipinski definition) is 4. The maximum atomic E-state index is 7.31. The zero-order valence-corrected chi connectivity index (χ0v) is 12.3. The van der Waals surface area contributed by atoms with Crippen molar-refractivity contribution in [2.75, 3.05) is 39.5 Å². The van der Waals surface area contributed by atoms with E-state index in [0.717, 1.165) is 50.6 Å². The fourth-order valence-electron chi connectivity index (χ4n) is 2.03. The lowest BCUT2D eigenvalue weighted by Crippen LogP contribution is -2.37. The van der Waals surface area contributed by atoms with Gasteiger partial charge in [-0.2, -0.15) is 0 Å². The Bertz CT molecular complexity index is 405. The van der Waals surface area contributed by atoms with E-state index in [-0.39, 0.29) is 18.2 Å². The molecule has 1 heterocycles. The molecule has 20 heavy (non-hydrogen) atoms. The van der Waals surface area contributed by atoms with Crippen LogP contribution in [0.25, 0.3) is 0 Å². The average Bonchev–Trinajstić information content (AvgIpc) is 2.45. The van der Waals surface area contributed by atoms with Crippen LogP contribution in [0, 0.1) is 5.41 Å². The summed E-state index contributed by atoms with van der Waals surface area (Å²) in [5.41, 5.74) is 6.12. The minimum atomic E-state index is 0. The van der Waals surface area contributed by atoms with Crippen molar-refractivity contribution < 1.29 is 9.47 Å². The molecule has 1 saturated heterocycles. The number of nitrogens with two attached hydrogens (primary N) is 1. The lowest BCUT2D eigenvalue weighted by molar-refractivity contribution is 0.0358. The Morgan fingerprint density at radius 2 is 1.90 bits per heavy atom. The number of halogens is 1. The quantitative estimate of drug-likeness (QED) is 0.474. The maximum Gasteiger partial charge on any atom is 0.122 e. The summed E-state index contributed by atoms with van der Waals surface area (Å²) in [4.78, 5) is 2.39. The van der Waals surface area contributed by atoms with Gasteiger partial charge in [0.05, 0.1) is 19.8 Å². The summed E-state index contributed by atoms with van der Waals surface area (Å²) >= 11 is 0. The van der Waals surface area contributed by atoms with Gasteiger partial charge < -0.3 is 15.2 Å². The molecule has 1 aliphatic rings. The van der Waals surface area contributed by atoms with Crippen molar-refractivity contribution in [3.8, 4) is 5.75 Å². The van der Waals surface area contributed by atoms with E-state index in [4.69, 9.17) is 20.6 Å². The fraction of sp³-hybridized carbons (Fsp3) is 0.500. The van der Waals surface area contributed by atoms with Crippen LogP contribution < -0.4 is 10.5 Å². The van der Waals surface area contributed by atoms with E-state index in [1.54, 1.807) is 12.1 Å². The monoisotopic (exact) mass is 299 g/mol. The molecular formula is C14H22ClN3O2. The van der Waals surface area contributed by atoms with E-state index in [9.17, 15) is 0 Å². The topological polar surface area (TPSA) is 71.6 Å². The van der Waals surface area contributed by atoms with Crippen molar-refractivity contribution in [1.82, 2.24) is 4.90 Å². The predicted octanol–water partition coefficient (Wildman–Crippen LogP) is 1.49. The Balaban J connectivity index is 0.00000200. The van der Waals surface area contributed by atoms with E-state index in [1.165, 1.54) is 0 Å². The lowest BCUT2D eigenvalue weighted by Gasteiger charge is -2.26. The molecule has 3 N–H and O–H groups in total. The molecule has 2 rings (SSSR count). The molecule has 0 bridgehead atoms. The van der Waals surface area contributed by atoms with Gasteiger partial charge in [-0.05, 0) is 30.7 Å². The summed E-state index contributed by atoms with van der Waals surface area (Å²) in [6.07, 6.45) is 1.01. The van der Waals surface area contributed by atoms with Crippen LogP contribution in [-0.4, -0.2) is 50.2 Å². The minimum Gasteiger partial charge on any atom is -0.494 e. The molecule has 1 aromatic carbocycles. The molecule has 1 fully saturated rings. The van der Waals surface area contributed by atoms with Crippen LogP contribution in [-0.2, 0) is 4.74 Å². The Labute approximate surface area is 126 Å². The van der Waals surface area contributed by atoms with E-state index in [0.29, 0.717) is 6.61 Å². The normalized spacial score (nSPS) is 15.4. The molecule has 0 radical (unpaired) electrons. The highest BCUT2D eigenvalue weighted by Crippen LogP contribution is 2.12. The summed E-state index contributed by atoms with van der Waals surface area (Å²) in [6.45, 7) is 5.48. The fourth-order valence-corrected chi connectivity index (χ4v) is 2.03. The average molecular weight is 300 g/mol. The first-order chi connectivity index (χ1) is 9.25. The van der Waals surface area contributed by atoms with Crippen LogP contribution in [0.3, 0.4) is 0 Å². The number of benzene rings is 1. The zero-order chi connectivity index (χ0) is 13.5. The van der Waals surface area contributed by atoms with Crippen molar-refractivity contribution >= 4 is 18.2 Å². The highest BCUT2D eigenvalue weighted by atomic mass is 35.5. The molecule has 0 unspecified atom stereocenters. The molecule has 1 aromatic rings. The second-order valence-electron chi connectivity index (χ2n) is 4.59. The summed E-state index contributed by atoms with van der Waals surface area (Å²) in [5, 5.41) is 7.31. The van der Waals surface area contributed by atoms with E-state index < -0.39 is 0 Å². The first-order valence-corrected chi connectivity index (χ1v) is 6.63. The Kier molecular flexibility index (Phi) is 7.36. The van der Waals surface area contributed by atoms with Gasteiger partial charge in [0.25, 0.3) is 0 Å². The number of rotatable bonds is 6. The third kappa shape index (κ3) is 5.36. The number of morpholine rings is 1. The number of hydrogen-bond donors (Lipinski definition) is 2. The Hall–Kier alpha value is -1.30. The number of nitrogens with one attached hydrogen (secondary N) is 1. The van der Waals surface area contributed by atoms with Gasteiger partial charge >= 0.3 is 0 Å². The van der Waals surface area contributed by atoms with Crippen LogP contribution in [0.1, 0.15) is 12.0 Å². The summed E-state index contributed by atoms with van der Waals surface area (Å²) in [7, 11) is 0. The molecule has 1 aliphatic heterocycles. The molecule has 0 atom stereocenters. The van der Waals surface area contributed by atoms with Crippen molar-refractivity contribution in [2.45, 2.75) is 6.42 Å². The molecule has 0 spiro atoms. The Morgan fingerprint density at radius 1 is 1.25 bits per heavy atom. The second kappa shape index (κ2) is 8.79. The molecule has 112 valence electrons. The van der Waals surface area contributed by atoms with Gasteiger partial charge in [0, 0.05) is 25.2 Å². The summed E-state index contributed by atoms with van der Waals surface area (Å²) in [6, 6.07) is 7.32. The largest absolute Gasteiger partial charge is 0.494 e. The molecule has 0 saturated carbocycles. The summed E-state index contributed by atoms with van der Waals surface area (Å²) < 4.78 is 11.0.